The van der Waals surface area contributed by atoms with Gasteiger partial charge in [-0.2, -0.15) is 0 Å². The molecular formula is C11H15NO4. The molecule has 0 saturated heterocycles. The van der Waals surface area contributed by atoms with Crippen LogP contribution in [0, 0.1) is 10.1 Å². The standard InChI is InChI=1S/C11H15NO4/c1-2-15-8-5-9-16-11-7-4-3-6-10(11)12(13)14/h3-4,6-7H,2,5,8-9H2,1H3. The number of nitrogens with zero attached hydrogens (tertiary/aromatic N) is 1. The lowest BCUT2D eigenvalue weighted by molar-refractivity contribution is -0.385. The van der Waals surface area contributed by atoms with Gasteiger partial charge in [-0.1, -0.05) is 12.1 Å². The van der Waals surface area contributed by atoms with Crippen LogP contribution in [0.1, 0.15) is 13.3 Å². The number of nitro benzene ring substituents is 1. The van der Waals surface area contributed by atoms with Gasteiger partial charge >= 0.3 is 5.69 Å². The van der Waals surface area contributed by atoms with Crippen molar-refractivity contribution < 1.29 is 14.4 Å². The van der Waals surface area contributed by atoms with Crippen molar-refractivity contribution in [2.75, 3.05) is 19.8 Å². The molecule has 1 aromatic rings. The van der Waals surface area contributed by atoms with Crippen molar-refractivity contribution in [3.05, 3.63) is 34.4 Å². The molecule has 16 heavy (non-hydrogen) atoms. The number of rotatable bonds is 7. The van der Waals surface area contributed by atoms with Crippen LogP contribution in [0.25, 0.3) is 0 Å². The molecule has 0 spiro atoms. The van der Waals surface area contributed by atoms with Gasteiger partial charge in [0.25, 0.3) is 0 Å². The second kappa shape index (κ2) is 6.79. The minimum absolute atomic E-state index is 0.00101. The Hall–Kier alpha value is -1.62. The summed E-state index contributed by atoms with van der Waals surface area (Å²) < 4.78 is 10.5. The molecule has 0 heterocycles. The highest BCUT2D eigenvalue weighted by molar-refractivity contribution is 5.45. The molecule has 5 heteroatoms. The predicted octanol–water partition coefficient (Wildman–Crippen LogP) is 2.40. The molecule has 88 valence electrons. The number of benzene rings is 1. The fourth-order valence-electron chi connectivity index (χ4n) is 1.22. The minimum Gasteiger partial charge on any atom is -0.487 e. The number of para-hydroxylation sites is 2. The van der Waals surface area contributed by atoms with Gasteiger partial charge in [0.1, 0.15) is 0 Å². The van der Waals surface area contributed by atoms with Crippen LogP contribution in [0.2, 0.25) is 0 Å². The summed E-state index contributed by atoms with van der Waals surface area (Å²) in [4.78, 5) is 10.2. The smallest absolute Gasteiger partial charge is 0.310 e. The van der Waals surface area contributed by atoms with Gasteiger partial charge in [0.05, 0.1) is 11.5 Å². The van der Waals surface area contributed by atoms with E-state index in [2.05, 4.69) is 0 Å². The van der Waals surface area contributed by atoms with E-state index in [1.807, 2.05) is 6.92 Å². The maximum Gasteiger partial charge on any atom is 0.310 e. The molecule has 0 aromatic heterocycles. The summed E-state index contributed by atoms with van der Waals surface area (Å²) in [6.45, 7) is 3.62. The molecule has 0 aliphatic rings. The quantitative estimate of drug-likeness (QED) is 0.406. The van der Waals surface area contributed by atoms with E-state index < -0.39 is 4.92 Å². The van der Waals surface area contributed by atoms with E-state index in [1.165, 1.54) is 6.07 Å². The summed E-state index contributed by atoms with van der Waals surface area (Å²) in [6, 6.07) is 6.35. The Morgan fingerprint density at radius 1 is 1.31 bits per heavy atom. The Morgan fingerprint density at radius 2 is 2.06 bits per heavy atom. The molecule has 0 aliphatic carbocycles. The monoisotopic (exact) mass is 225 g/mol. The van der Waals surface area contributed by atoms with Crippen molar-refractivity contribution in [3.63, 3.8) is 0 Å². The maximum atomic E-state index is 10.7. The van der Waals surface area contributed by atoms with Crippen LogP contribution in [0.3, 0.4) is 0 Å². The first-order chi connectivity index (χ1) is 7.75. The second-order valence-corrected chi connectivity index (χ2v) is 3.12. The molecule has 0 radical (unpaired) electrons. The van der Waals surface area contributed by atoms with Gasteiger partial charge in [0, 0.05) is 25.7 Å². The Bertz CT molecular complexity index is 341. The van der Waals surface area contributed by atoms with Crippen LogP contribution in [0.5, 0.6) is 5.75 Å². The average Bonchev–Trinajstić information content (AvgIpc) is 2.29. The third kappa shape index (κ3) is 3.86. The summed E-state index contributed by atoms with van der Waals surface area (Å²) in [5.41, 5.74) is -0.00101. The zero-order valence-corrected chi connectivity index (χ0v) is 9.22. The molecule has 0 aliphatic heterocycles. The summed E-state index contributed by atoms with van der Waals surface area (Å²) in [5.74, 6) is 0.309. The average molecular weight is 225 g/mol. The van der Waals surface area contributed by atoms with Crippen molar-refractivity contribution in [1.82, 2.24) is 0 Å². The zero-order chi connectivity index (χ0) is 11.8. The summed E-state index contributed by atoms with van der Waals surface area (Å²) in [6.07, 6.45) is 0.722. The Morgan fingerprint density at radius 3 is 2.75 bits per heavy atom. The highest BCUT2D eigenvalue weighted by atomic mass is 16.6. The van der Waals surface area contributed by atoms with Crippen LogP contribution in [-0.2, 0) is 4.74 Å². The molecule has 0 unspecified atom stereocenters. The SMILES string of the molecule is CCOCCCOc1ccccc1[N+](=O)[O-]. The van der Waals surface area contributed by atoms with Gasteiger partial charge in [0.15, 0.2) is 5.75 Å². The molecule has 0 amide bonds. The molecule has 1 rings (SSSR count). The van der Waals surface area contributed by atoms with Gasteiger partial charge in [-0.15, -0.1) is 0 Å². The molecule has 1 aromatic carbocycles. The van der Waals surface area contributed by atoms with Crippen molar-refractivity contribution in [1.29, 1.82) is 0 Å². The highest BCUT2D eigenvalue weighted by Gasteiger charge is 2.12. The molecule has 5 nitrogen and oxygen atoms in total. The molecule has 0 atom stereocenters. The van der Waals surface area contributed by atoms with Crippen LogP contribution in [-0.4, -0.2) is 24.7 Å². The van der Waals surface area contributed by atoms with Crippen molar-refractivity contribution in [2.24, 2.45) is 0 Å². The normalized spacial score (nSPS) is 10.1. The molecule has 0 saturated carbocycles. The Labute approximate surface area is 94.1 Å². The van der Waals surface area contributed by atoms with Crippen molar-refractivity contribution >= 4 is 5.69 Å². The number of hydrogen-bond donors (Lipinski definition) is 0. The summed E-state index contributed by atoms with van der Waals surface area (Å²) in [5, 5.41) is 10.7. The fourth-order valence-corrected chi connectivity index (χ4v) is 1.22. The van der Waals surface area contributed by atoms with Crippen LogP contribution < -0.4 is 4.74 Å². The third-order valence-corrected chi connectivity index (χ3v) is 1.96. The number of hydrogen-bond acceptors (Lipinski definition) is 4. The third-order valence-electron chi connectivity index (χ3n) is 1.96. The second-order valence-electron chi connectivity index (χ2n) is 3.12. The summed E-state index contributed by atoms with van der Waals surface area (Å²) in [7, 11) is 0. The number of nitro groups is 1. The van der Waals surface area contributed by atoms with E-state index in [-0.39, 0.29) is 5.69 Å². The largest absolute Gasteiger partial charge is 0.487 e. The van der Waals surface area contributed by atoms with Gasteiger partial charge < -0.3 is 9.47 Å². The molecule has 0 bridgehead atoms. The van der Waals surface area contributed by atoms with Crippen molar-refractivity contribution in [2.45, 2.75) is 13.3 Å². The van der Waals surface area contributed by atoms with Crippen LogP contribution >= 0.6 is 0 Å². The molecule has 0 fully saturated rings. The molecular weight excluding hydrogens is 210 g/mol. The lowest BCUT2D eigenvalue weighted by atomic mass is 10.3. The van der Waals surface area contributed by atoms with E-state index in [1.54, 1.807) is 18.2 Å². The molecule has 0 N–H and O–H groups in total. The van der Waals surface area contributed by atoms with Gasteiger partial charge in [0.2, 0.25) is 0 Å². The highest BCUT2D eigenvalue weighted by Crippen LogP contribution is 2.25. The topological polar surface area (TPSA) is 61.6 Å². The summed E-state index contributed by atoms with van der Waals surface area (Å²) >= 11 is 0. The van der Waals surface area contributed by atoms with Gasteiger partial charge in [-0.05, 0) is 13.0 Å². The maximum absolute atomic E-state index is 10.7. The Kier molecular flexibility index (Phi) is 5.28. The van der Waals surface area contributed by atoms with E-state index in [4.69, 9.17) is 9.47 Å². The minimum atomic E-state index is -0.447. The first-order valence-electron chi connectivity index (χ1n) is 5.19. The van der Waals surface area contributed by atoms with Gasteiger partial charge in [-0.25, -0.2) is 0 Å². The van der Waals surface area contributed by atoms with E-state index in [0.29, 0.717) is 25.6 Å². The predicted molar refractivity (Wildman–Crippen MR) is 59.7 cm³/mol. The zero-order valence-electron chi connectivity index (χ0n) is 9.22. The van der Waals surface area contributed by atoms with E-state index in [9.17, 15) is 10.1 Å². The lowest BCUT2D eigenvalue weighted by Gasteiger charge is -2.06. The fraction of sp³-hybridized carbons (Fsp3) is 0.455. The van der Waals surface area contributed by atoms with Crippen LogP contribution in [0.15, 0.2) is 24.3 Å². The van der Waals surface area contributed by atoms with E-state index in [0.717, 1.165) is 6.42 Å². The van der Waals surface area contributed by atoms with E-state index >= 15 is 0 Å². The first kappa shape index (κ1) is 12.4. The Balaban J connectivity index is 2.44. The van der Waals surface area contributed by atoms with Crippen molar-refractivity contribution in [3.8, 4) is 5.75 Å². The first-order valence-corrected chi connectivity index (χ1v) is 5.19. The lowest BCUT2D eigenvalue weighted by Crippen LogP contribution is -2.04. The number of ether oxygens (including phenoxy) is 2. The van der Waals surface area contributed by atoms with Crippen LogP contribution in [0.4, 0.5) is 5.69 Å². The van der Waals surface area contributed by atoms with Gasteiger partial charge in [-0.3, -0.25) is 10.1 Å².